The number of benzene rings is 2. The Morgan fingerprint density at radius 2 is 1.78 bits per heavy atom. The summed E-state index contributed by atoms with van der Waals surface area (Å²) < 4.78 is 54.7. The number of Topliss-reactive ketones (excluding diaryl/α,β-unsaturated/α-hetero) is 1. The van der Waals surface area contributed by atoms with Crippen LogP contribution in [0, 0.1) is 11.2 Å². The smallest absolute Gasteiger partial charge is 0.306 e. The first-order chi connectivity index (χ1) is 16.6. The predicted octanol–water partition coefficient (Wildman–Crippen LogP) is 3.57. The van der Waals surface area contributed by atoms with Crippen LogP contribution in [0.2, 0.25) is 0 Å². The van der Waals surface area contributed by atoms with Gasteiger partial charge in [0.25, 0.3) is 0 Å². The van der Waals surface area contributed by atoms with Gasteiger partial charge in [0.1, 0.15) is 5.84 Å². The van der Waals surface area contributed by atoms with E-state index in [1.165, 1.54) is 19.1 Å². The summed E-state index contributed by atoms with van der Waals surface area (Å²) in [7, 11) is 2.34. The molecule has 0 saturated carbocycles. The number of hydrogen-bond donors (Lipinski definition) is 1. The maximum atomic E-state index is 15.1. The number of fused-ring (bicyclic) bond motifs is 1. The summed E-state index contributed by atoms with van der Waals surface area (Å²) in [5, 5.41) is 8.51. The molecule has 0 saturated heterocycles. The summed E-state index contributed by atoms with van der Waals surface area (Å²) in [5.41, 5.74) is 1.34. The molecule has 1 aliphatic heterocycles. The number of hydrogen-bond acceptors (Lipinski definition) is 8. The Bertz CT molecular complexity index is 1330. The molecule has 2 aromatic rings. The second kappa shape index (κ2) is 9.61. The first kappa shape index (κ1) is 27.3. The van der Waals surface area contributed by atoms with Crippen LogP contribution < -0.4 is 18.6 Å². The van der Waals surface area contributed by atoms with E-state index in [4.69, 9.17) is 19.1 Å². The molecule has 11 heteroatoms. The first-order valence-corrected chi connectivity index (χ1v) is 13.0. The number of ether oxygens (including phenoxy) is 2. The molecule has 3 rings (SSSR count). The van der Waals surface area contributed by atoms with E-state index >= 15 is 4.39 Å². The van der Waals surface area contributed by atoms with Crippen molar-refractivity contribution in [3.05, 3.63) is 46.3 Å². The zero-order valence-electron chi connectivity index (χ0n) is 21.8. The van der Waals surface area contributed by atoms with Crippen LogP contribution in [-0.2, 0) is 22.1 Å². The van der Waals surface area contributed by atoms with Crippen molar-refractivity contribution < 1.29 is 31.3 Å². The maximum Gasteiger partial charge on any atom is 0.306 e. The fraction of sp³-hybridized carbons (Fsp3) is 0.440. The molecule has 0 amide bonds. The zero-order valence-corrected chi connectivity index (χ0v) is 22.6. The van der Waals surface area contributed by atoms with Gasteiger partial charge in [-0.2, -0.15) is 8.42 Å². The minimum Gasteiger partial charge on any atom is -0.493 e. The fourth-order valence-electron chi connectivity index (χ4n) is 4.13. The van der Waals surface area contributed by atoms with Crippen LogP contribution in [-0.4, -0.2) is 66.1 Å². The minimum absolute atomic E-state index is 0.0710. The number of carbonyl (C=O) groups excluding carboxylic acids is 1. The maximum absolute atomic E-state index is 15.1. The van der Waals surface area contributed by atoms with Crippen molar-refractivity contribution in [1.82, 2.24) is 4.90 Å². The van der Waals surface area contributed by atoms with Crippen molar-refractivity contribution in [2.24, 2.45) is 0 Å². The van der Waals surface area contributed by atoms with Gasteiger partial charge in [0.15, 0.2) is 28.8 Å². The van der Waals surface area contributed by atoms with Gasteiger partial charge in [0.05, 0.1) is 38.3 Å². The van der Waals surface area contributed by atoms with Gasteiger partial charge in [-0.25, -0.2) is 4.39 Å². The van der Waals surface area contributed by atoms with Crippen molar-refractivity contribution in [3.63, 3.8) is 0 Å². The molecule has 0 aromatic heterocycles. The normalized spacial score (nSPS) is 13.5. The molecule has 0 unspecified atom stereocenters. The van der Waals surface area contributed by atoms with Crippen molar-refractivity contribution in [2.45, 2.75) is 32.7 Å². The molecule has 196 valence electrons. The molecule has 0 atom stereocenters. The number of rotatable bonds is 8. The first-order valence-electron chi connectivity index (χ1n) is 11.1. The monoisotopic (exact) mass is 521 g/mol. The standard InChI is InChI=1S/C25H32FN3O6S/c1-25(2,3)16-9-14(10-17(28(4)5)22(16)35-36(8,31)32)18(30)13-29-12-15-11-19(33-6)23(34-7)21(26)20(15)24(29)27/h9-11,27H,12-13H2,1-8H3. The Labute approximate surface area is 211 Å². The van der Waals surface area contributed by atoms with Gasteiger partial charge in [-0.15, -0.1) is 0 Å². The average Bonchev–Trinajstić information content (AvgIpc) is 3.06. The second-order valence-corrected chi connectivity index (χ2v) is 11.5. The number of nitrogens with one attached hydrogen (secondary N) is 1. The van der Waals surface area contributed by atoms with E-state index in [1.807, 2.05) is 20.8 Å². The van der Waals surface area contributed by atoms with Gasteiger partial charge in [0.2, 0.25) is 0 Å². The molecule has 9 nitrogen and oxygen atoms in total. The molecular formula is C25H32FN3O6S. The van der Waals surface area contributed by atoms with Crippen LogP contribution in [0.4, 0.5) is 10.1 Å². The summed E-state index contributed by atoms with van der Waals surface area (Å²) in [6.45, 7) is 5.64. The molecule has 0 radical (unpaired) electrons. The van der Waals surface area contributed by atoms with Crippen LogP contribution in [0.3, 0.4) is 0 Å². The largest absolute Gasteiger partial charge is 0.493 e. The predicted molar refractivity (Wildman–Crippen MR) is 136 cm³/mol. The highest BCUT2D eigenvalue weighted by atomic mass is 32.2. The highest BCUT2D eigenvalue weighted by Crippen LogP contribution is 2.41. The number of anilines is 1. The summed E-state index contributed by atoms with van der Waals surface area (Å²) in [6, 6.07) is 4.79. The Balaban J connectivity index is 2.02. The van der Waals surface area contributed by atoms with E-state index in [1.54, 1.807) is 37.2 Å². The molecule has 2 aromatic carbocycles. The van der Waals surface area contributed by atoms with Crippen LogP contribution in [0.15, 0.2) is 18.2 Å². The van der Waals surface area contributed by atoms with Gasteiger partial charge < -0.3 is 23.5 Å². The molecule has 1 aliphatic rings. The van der Waals surface area contributed by atoms with Crippen molar-refractivity contribution in [3.8, 4) is 17.2 Å². The lowest BCUT2D eigenvalue weighted by molar-refractivity contribution is 0.0962. The number of halogens is 1. The van der Waals surface area contributed by atoms with Gasteiger partial charge in [-0.1, -0.05) is 20.8 Å². The number of methoxy groups -OCH3 is 2. The molecular weight excluding hydrogens is 489 g/mol. The van der Waals surface area contributed by atoms with Crippen molar-refractivity contribution in [1.29, 1.82) is 5.41 Å². The SMILES string of the molecule is COc1cc2c(c(F)c1OC)C(=N)N(CC(=O)c1cc(N(C)C)c(OS(C)(=O)=O)c(C(C)(C)C)c1)C2. The third-order valence-electron chi connectivity index (χ3n) is 5.86. The third kappa shape index (κ3) is 5.25. The Morgan fingerprint density at radius 3 is 2.28 bits per heavy atom. The quantitative estimate of drug-likeness (QED) is 0.415. The molecule has 0 bridgehead atoms. The lowest BCUT2D eigenvalue weighted by Crippen LogP contribution is -2.31. The van der Waals surface area contributed by atoms with Gasteiger partial charge in [0, 0.05) is 31.8 Å². The fourth-order valence-corrected chi connectivity index (χ4v) is 4.60. The third-order valence-corrected chi connectivity index (χ3v) is 6.33. The Hall–Kier alpha value is -3.34. The lowest BCUT2D eigenvalue weighted by atomic mass is 9.84. The van der Waals surface area contributed by atoms with Gasteiger partial charge in [-0.05, 0) is 29.2 Å². The molecule has 0 spiro atoms. The highest BCUT2D eigenvalue weighted by molar-refractivity contribution is 7.86. The van der Waals surface area contributed by atoms with Crippen LogP contribution >= 0.6 is 0 Å². The lowest BCUT2D eigenvalue weighted by Gasteiger charge is -2.27. The van der Waals surface area contributed by atoms with E-state index in [0.29, 0.717) is 22.4 Å². The van der Waals surface area contributed by atoms with Crippen LogP contribution in [0.25, 0.3) is 0 Å². The van der Waals surface area contributed by atoms with Crippen LogP contribution in [0.5, 0.6) is 17.2 Å². The Morgan fingerprint density at radius 1 is 1.14 bits per heavy atom. The van der Waals surface area contributed by atoms with Gasteiger partial charge in [-0.3, -0.25) is 10.2 Å². The zero-order chi connectivity index (χ0) is 27.2. The molecule has 1 N–H and O–H groups in total. The number of nitrogens with zero attached hydrogens (tertiary/aromatic N) is 2. The summed E-state index contributed by atoms with van der Waals surface area (Å²) in [4.78, 5) is 16.6. The average molecular weight is 522 g/mol. The van der Waals surface area contributed by atoms with Crippen molar-refractivity contribution >= 4 is 27.4 Å². The van der Waals surface area contributed by atoms with Crippen LogP contribution in [0.1, 0.15) is 47.8 Å². The van der Waals surface area contributed by atoms with E-state index in [-0.39, 0.29) is 47.5 Å². The molecule has 0 aliphatic carbocycles. The molecule has 1 heterocycles. The van der Waals surface area contributed by atoms with Crippen molar-refractivity contribution in [2.75, 3.05) is 46.0 Å². The highest BCUT2D eigenvalue weighted by Gasteiger charge is 2.34. The van der Waals surface area contributed by atoms with E-state index < -0.39 is 21.4 Å². The summed E-state index contributed by atoms with van der Waals surface area (Å²) in [5.74, 6) is -0.875. The second-order valence-electron chi connectivity index (χ2n) is 9.89. The molecule has 0 fully saturated rings. The number of amidine groups is 1. The summed E-state index contributed by atoms with van der Waals surface area (Å²) in [6.07, 6.45) is 0.970. The van der Waals surface area contributed by atoms with Gasteiger partial charge >= 0.3 is 10.1 Å². The summed E-state index contributed by atoms with van der Waals surface area (Å²) >= 11 is 0. The number of ketones is 1. The molecule has 36 heavy (non-hydrogen) atoms. The topological polar surface area (TPSA) is 109 Å². The van der Waals surface area contributed by atoms with E-state index in [9.17, 15) is 13.2 Å². The van der Waals surface area contributed by atoms with E-state index in [0.717, 1.165) is 6.26 Å². The van der Waals surface area contributed by atoms with E-state index in [2.05, 4.69) is 0 Å². The number of carbonyl (C=O) groups is 1. The Kier molecular flexibility index (Phi) is 7.27. The minimum atomic E-state index is -3.83.